The molecule has 5 aromatic rings. The van der Waals surface area contributed by atoms with Crippen molar-refractivity contribution in [3.8, 4) is 28.7 Å². The van der Waals surface area contributed by atoms with Crippen molar-refractivity contribution in [2.45, 2.75) is 184 Å². The van der Waals surface area contributed by atoms with Crippen LogP contribution in [0.4, 0.5) is 0 Å². The molecule has 3 unspecified atom stereocenters. The number of aryl methyl sites for hydroxylation is 2. The Balaban J connectivity index is -0.000000601. The number of ketones is 1. The van der Waals surface area contributed by atoms with Crippen molar-refractivity contribution in [1.82, 2.24) is 5.32 Å². The van der Waals surface area contributed by atoms with Crippen LogP contribution < -0.4 is 29.0 Å². The number of nitrogens with one attached hydrogen (secondary N) is 1. The van der Waals surface area contributed by atoms with Gasteiger partial charge in [-0.2, -0.15) is 0 Å². The number of rotatable bonds is 35. The van der Waals surface area contributed by atoms with Crippen LogP contribution in [-0.2, 0) is 84.2 Å². The lowest BCUT2D eigenvalue weighted by Gasteiger charge is -2.18. The summed E-state index contributed by atoms with van der Waals surface area (Å²) >= 11 is 6.40. The quantitative estimate of drug-likeness (QED) is 0.0302. The number of carbonyl (C=O) groups is 2. The zero-order valence-electron chi connectivity index (χ0n) is 52.6. The molecule has 0 heterocycles. The second-order valence-electron chi connectivity index (χ2n) is 20.5. The number of hydrogen-bond acceptors (Lipinski definition) is 14. The van der Waals surface area contributed by atoms with E-state index >= 15 is 0 Å². The van der Waals surface area contributed by atoms with Crippen LogP contribution in [0.1, 0.15) is 196 Å². The van der Waals surface area contributed by atoms with Crippen LogP contribution in [-0.4, -0.2) is 101 Å². The topological polar surface area (TPSA) is 157 Å². The van der Waals surface area contributed by atoms with Crippen molar-refractivity contribution in [3.05, 3.63) is 145 Å². The molecule has 0 saturated heterocycles. The summed E-state index contributed by atoms with van der Waals surface area (Å²) in [5, 5.41) is 3.51. The van der Waals surface area contributed by atoms with E-state index in [-0.39, 0.29) is 62.2 Å². The van der Waals surface area contributed by atoms with E-state index in [2.05, 4.69) is 51.2 Å². The Morgan fingerprint density at radius 1 is 0.438 bits per heavy atom. The highest BCUT2D eigenvalue weighted by Gasteiger charge is 2.18. The Hall–Kier alpha value is -5.75. The number of hydrogen-bond donors (Lipinski definition) is 1. The lowest BCUT2D eigenvalue weighted by molar-refractivity contribution is -0.124. The molecule has 0 saturated carbocycles. The van der Waals surface area contributed by atoms with Crippen molar-refractivity contribution in [1.29, 1.82) is 0 Å². The second-order valence-corrected chi connectivity index (χ2v) is 20.9. The van der Waals surface area contributed by atoms with Gasteiger partial charge in [0.15, 0.2) is 5.78 Å². The van der Waals surface area contributed by atoms with Gasteiger partial charge in [0.05, 0.1) is 63.4 Å². The average molecular weight is 1270 g/mol. The highest BCUT2D eigenvalue weighted by molar-refractivity contribution is 6.32. The molecule has 5 rings (SSSR count). The zero-order valence-corrected chi connectivity index (χ0v) is 53.3. The molecule has 0 fully saturated rings. The summed E-state index contributed by atoms with van der Waals surface area (Å²) in [6, 6.07) is 24.1. The molecule has 0 aliphatic rings. The maximum Gasteiger partial charge on any atom is 0.222 e. The lowest BCUT2D eigenvalue weighted by atomic mass is 9.95. The molecule has 1 amide bonds. The molecule has 0 spiro atoms. The molecule has 0 aliphatic carbocycles. The van der Waals surface area contributed by atoms with E-state index in [0.29, 0.717) is 120 Å². The van der Waals surface area contributed by atoms with Gasteiger partial charge in [-0.25, -0.2) is 0 Å². The minimum Gasteiger partial charge on any atom is -0.491 e. The van der Waals surface area contributed by atoms with E-state index in [4.69, 9.17) is 68.4 Å². The fourth-order valence-electron chi connectivity index (χ4n) is 9.04. The van der Waals surface area contributed by atoms with Gasteiger partial charge in [-0.15, -0.1) is 0 Å². The van der Waals surface area contributed by atoms with Crippen LogP contribution in [0.3, 0.4) is 0 Å². The first kappa shape index (κ1) is 89.7. The SMILES string of the molecule is C.C.C.C.C.C.CCC(C)C(=O)NCCOc1c(C)cc(COC)cc1C.CCC(C)c1ccc(OCCOc2c(COC)cc(COC)cc2COC)c(C(C)=O)c1.CCC(C)c1ccc(OCCOc2c(COC)cc(COC)cc2COC)c(Cl)c1. The van der Waals surface area contributed by atoms with Gasteiger partial charge in [0.25, 0.3) is 0 Å². The van der Waals surface area contributed by atoms with Crippen LogP contribution in [0.25, 0.3) is 0 Å². The van der Waals surface area contributed by atoms with Gasteiger partial charge >= 0.3 is 0 Å². The number of methoxy groups -OCH3 is 7. The van der Waals surface area contributed by atoms with E-state index < -0.39 is 0 Å². The minimum atomic E-state index is -0.00966. The molecule has 15 nitrogen and oxygen atoms in total. The predicted molar refractivity (Wildman–Crippen MR) is 369 cm³/mol. The molecule has 0 aliphatic heterocycles. The molecule has 1 N–H and O–H groups in total. The monoisotopic (exact) mass is 1270 g/mol. The summed E-state index contributed by atoms with van der Waals surface area (Å²) in [7, 11) is 11.7. The summed E-state index contributed by atoms with van der Waals surface area (Å²) < 4.78 is 66.9. The Morgan fingerprint density at radius 2 is 0.787 bits per heavy atom. The van der Waals surface area contributed by atoms with E-state index in [9.17, 15) is 9.59 Å². The Morgan fingerprint density at radius 3 is 1.15 bits per heavy atom. The Kier molecular flexibility index (Phi) is 50.3. The van der Waals surface area contributed by atoms with Gasteiger partial charge in [-0.1, -0.05) is 122 Å². The molecule has 0 bridgehead atoms. The number of Topliss-reactive ketones (excluding diaryl/α,β-unsaturated/α-hetero) is 1. The highest BCUT2D eigenvalue weighted by atomic mass is 35.5. The molecule has 0 radical (unpaired) electrons. The van der Waals surface area contributed by atoms with Crippen molar-refractivity contribution in [2.75, 3.05) is 89.3 Å². The summed E-state index contributed by atoms with van der Waals surface area (Å²) in [6.45, 7) is 23.9. The zero-order chi connectivity index (χ0) is 61.3. The first-order chi connectivity index (χ1) is 40.0. The maximum absolute atomic E-state index is 12.2. The number of ether oxygens (including phenoxy) is 12. The van der Waals surface area contributed by atoms with Gasteiger partial charge in [0.2, 0.25) is 5.91 Å². The van der Waals surface area contributed by atoms with Crippen molar-refractivity contribution < 1.29 is 66.4 Å². The van der Waals surface area contributed by atoms with Crippen molar-refractivity contribution >= 4 is 23.3 Å². The highest BCUT2D eigenvalue weighted by Crippen LogP contribution is 2.33. The van der Waals surface area contributed by atoms with Gasteiger partial charge in [-0.05, 0) is 139 Å². The molecule has 89 heavy (non-hydrogen) atoms. The van der Waals surface area contributed by atoms with E-state index in [0.717, 1.165) is 92.1 Å². The standard InChI is InChI=1S/C26H36O6.C24H33ClO5.C17H27NO3.6CH4/c1-7-18(2)21-8-9-25(24(14-21)19(3)27)31-10-11-32-26-22(16-29-5)12-20(15-28-4)13-23(26)17-30-6;1-6-17(2)19-7-8-23(22(25)13-19)29-9-10-30-24-20(15-27-4)11-18(14-26-3)12-21(24)16-28-5;1-6-12(2)17(19)18-7-8-21-16-13(3)9-15(11-20-5)10-14(16)4;;;;;;/h8-9,12-14,18H,7,10-11,15-17H2,1-6H3;7-8,11-13,17H,6,9-10,14-16H2,1-5H3;9-10,12H,6-8,11H2,1-5H3,(H,18,19);6*1H4. The number of benzene rings is 5. The summed E-state index contributed by atoms with van der Waals surface area (Å²) in [4.78, 5) is 23.8. The fourth-order valence-corrected chi connectivity index (χ4v) is 9.28. The smallest absolute Gasteiger partial charge is 0.222 e. The Labute approximate surface area is 545 Å². The third-order valence-electron chi connectivity index (χ3n) is 13.8. The molecule has 3 atom stereocenters. The summed E-state index contributed by atoms with van der Waals surface area (Å²) in [5.41, 5.74) is 12.1. The van der Waals surface area contributed by atoms with E-state index in [1.165, 1.54) is 5.56 Å². The van der Waals surface area contributed by atoms with Gasteiger partial charge < -0.3 is 62.2 Å². The number of carbonyl (C=O) groups excluding carboxylic acids is 2. The van der Waals surface area contributed by atoms with Crippen LogP contribution >= 0.6 is 11.6 Å². The van der Waals surface area contributed by atoms with Crippen molar-refractivity contribution in [3.63, 3.8) is 0 Å². The normalized spacial score (nSPS) is 11.2. The predicted octanol–water partition coefficient (Wildman–Crippen LogP) is 17.9. The van der Waals surface area contributed by atoms with Gasteiger partial charge in [-0.3, -0.25) is 9.59 Å². The van der Waals surface area contributed by atoms with Crippen molar-refractivity contribution in [2.24, 2.45) is 5.92 Å². The van der Waals surface area contributed by atoms with Crippen LogP contribution in [0.2, 0.25) is 5.02 Å². The largest absolute Gasteiger partial charge is 0.491 e. The maximum atomic E-state index is 12.2. The molecule has 5 aromatic carbocycles. The third kappa shape index (κ3) is 30.3. The number of halogens is 1. The number of amides is 1. The molecular weight excluding hydrogens is 1150 g/mol. The molecule has 16 heteroatoms. The third-order valence-corrected chi connectivity index (χ3v) is 14.1. The van der Waals surface area contributed by atoms with E-state index in [1.807, 2.05) is 82.3 Å². The first-order valence-corrected chi connectivity index (χ1v) is 29.0. The minimum absolute atomic E-state index is 0. The van der Waals surface area contributed by atoms with Gasteiger partial charge in [0, 0.05) is 77.9 Å². The fraction of sp³-hybridized carbons (Fsp3) is 0.562. The van der Waals surface area contributed by atoms with E-state index in [1.54, 1.807) is 56.7 Å². The van der Waals surface area contributed by atoms with Crippen LogP contribution in [0.5, 0.6) is 28.7 Å². The average Bonchev–Trinajstić information content (AvgIpc) is 3.67. The molecule has 508 valence electrons. The molecular formula is C73H120ClNO14. The summed E-state index contributed by atoms with van der Waals surface area (Å²) in [5.74, 6) is 4.64. The van der Waals surface area contributed by atoms with Crippen LogP contribution in [0, 0.1) is 19.8 Å². The second kappa shape index (κ2) is 50.0. The van der Waals surface area contributed by atoms with Crippen LogP contribution in [0.15, 0.2) is 72.8 Å². The first-order valence-electron chi connectivity index (χ1n) is 28.7. The summed E-state index contributed by atoms with van der Waals surface area (Å²) in [6.07, 6.45) is 2.94. The Bertz CT molecular complexity index is 2640. The van der Waals surface area contributed by atoms with Gasteiger partial charge in [0.1, 0.15) is 61.8 Å². The lowest BCUT2D eigenvalue weighted by Crippen LogP contribution is -2.32. The molecule has 0 aromatic heterocycles.